The Hall–Kier alpha value is -0.810. The van der Waals surface area contributed by atoms with Gasteiger partial charge in [-0.3, -0.25) is 9.69 Å². The van der Waals surface area contributed by atoms with Crippen molar-refractivity contribution in [1.82, 2.24) is 4.90 Å². The predicted octanol–water partition coefficient (Wildman–Crippen LogP) is 3.58. The highest BCUT2D eigenvalue weighted by Crippen LogP contribution is 2.15. The summed E-state index contributed by atoms with van der Waals surface area (Å²) < 4.78 is 0. The van der Waals surface area contributed by atoms with Gasteiger partial charge in [-0.25, -0.2) is 0 Å². The van der Waals surface area contributed by atoms with E-state index in [2.05, 4.69) is 22.3 Å². The molecule has 0 saturated carbocycles. The topological polar surface area (TPSA) is 58.4 Å². The molecule has 1 aliphatic heterocycles. The molecule has 1 amide bonds. The van der Waals surface area contributed by atoms with Gasteiger partial charge in [0, 0.05) is 18.7 Å². The molecule has 0 aliphatic carbocycles. The molecule has 23 heavy (non-hydrogen) atoms. The van der Waals surface area contributed by atoms with Crippen LogP contribution in [-0.4, -0.2) is 30.4 Å². The van der Waals surface area contributed by atoms with E-state index in [-0.39, 0.29) is 30.7 Å². The van der Waals surface area contributed by atoms with Crippen LogP contribution in [0.2, 0.25) is 0 Å². The zero-order valence-corrected chi connectivity index (χ0v) is 15.3. The van der Waals surface area contributed by atoms with Crippen LogP contribution in [-0.2, 0) is 11.3 Å². The second kappa shape index (κ2) is 12.6. The molecule has 1 aromatic rings. The molecule has 1 fully saturated rings. The number of benzene rings is 1. The predicted molar refractivity (Wildman–Crippen MR) is 102 cm³/mol. The van der Waals surface area contributed by atoms with Gasteiger partial charge in [0.1, 0.15) is 0 Å². The summed E-state index contributed by atoms with van der Waals surface area (Å²) in [5.41, 5.74) is 7.59. The van der Waals surface area contributed by atoms with Crippen LogP contribution in [0.5, 0.6) is 0 Å². The number of likely N-dealkylation sites (tertiary alicyclic amines) is 1. The maximum Gasteiger partial charge on any atom is 0.224 e. The van der Waals surface area contributed by atoms with E-state index in [0.717, 1.165) is 18.7 Å². The van der Waals surface area contributed by atoms with Gasteiger partial charge in [0.05, 0.1) is 0 Å². The molecule has 0 atom stereocenters. The van der Waals surface area contributed by atoms with Crippen LogP contribution < -0.4 is 11.1 Å². The largest absolute Gasteiger partial charge is 0.330 e. The number of carbonyl (C=O) groups excluding carboxylic acids is 1. The van der Waals surface area contributed by atoms with Crippen molar-refractivity contribution in [3.05, 3.63) is 29.8 Å². The molecule has 1 aliphatic rings. The molecule has 3 N–H and O–H groups in total. The SMILES string of the molecule is Cl.Cl.NCCCC(=O)Nc1ccc(CN2CCCCCC2)cc1. The van der Waals surface area contributed by atoms with E-state index < -0.39 is 0 Å². The highest BCUT2D eigenvalue weighted by atomic mass is 35.5. The summed E-state index contributed by atoms with van der Waals surface area (Å²) in [6.45, 7) is 3.98. The molecular weight excluding hydrogens is 333 g/mol. The Balaban J connectivity index is 0.00000242. The third kappa shape index (κ3) is 8.56. The van der Waals surface area contributed by atoms with Crippen molar-refractivity contribution >= 4 is 36.4 Å². The maximum atomic E-state index is 11.6. The van der Waals surface area contributed by atoms with Crippen molar-refractivity contribution in [2.24, 2.45) is 5.73 Å². The van der Waals surface area contributed by atoms with Gasteiger partial charge >= 0.3 is 0 Å². The zero-order valence-electron chi connectivity index (χ0n) is 13.6. The molecule has 2 rings (SSSR count). The lowest BCUT2D eigenvalue weighted by molar-refractivity contribution is -0.116. The van der Waals surface area contributed by atoms with Crippen LogP contribution in [0.3, 0.4) is 0 Å². The van der Waals surface area contributed by atoms with E-state index in [1.54, 1.807) is 0 Å². The smallest absolute Gasteiger partial charge is 0.224 e. The molecule has 0 unspecified atom stereocenters. The van der Waals surface area contributed by atoms with Crippen molar-refractivity contribution in [3.63, 3.8) is 0 Å². The van der Waals surface area contributed by atoms with Crippen LogP contribution in [0.1, 0.15) is 44.1 Å². The molecule has 0 spiro atoms. The summed E-state index contributed by atoms with van der Waals surface area (Å²) in [6.07, 6.45) is 6.59. The van der Waals surface area contributed by atoms with Gasteiger partial charge < -0.3 is 11.1 Å². The van der Waals surface area contributed by atoms with Gasteiger partial charge in [0.15, 0.2) is 0 Å². The molecule has 0 bridgehead atoms. The molecule has 6 heteroatoms. The van der Waals surface area contributed by atoms with Crippen molar-refractivity contribution < 1.29 is 4.79 Å². The van der Waals surface area contributed by atoms with Crippen LogP contribution in [0.25, 0.3) is 0 Å². The Labute approximate surface area is 152 Å². The minimum Gasteiger partial charge on any atom is -0.330 e. The Bertz CT molecular complexity index is 432. The van der Waals surface area contributed by atoms with Gasteiger partial charge in [0.2, 0.25) is 5.91 Å². The number of halogens is 2. The van der Waals surface area contributed by atoms with Crippen molar-refractivity contribution in [1.29, 1.82) is 0 Å². The van der Waals surface area contributed by atoms with E-state index in [1.165, 1.54) is 44.3 Å². The van der Waals surface area contributed by atoms with Gasteiger partial charge in [-0.15, -0.1) is 24.8 Å². The maximum absolute atomic E-state index is 11.6. The summed E-state index contributed by atoms with van der Waals surface area (Å²) in [6, 6.07) is 8.22. The first-order valence-corrected chi connectivity index (χ1v) is 8.09. The van der Waals surface area contributed by atoms with E-state index in [0.29, 0.717) is 13.0 Å². The number of amides is 1. The lowest BCUT2D eigenvalue weighted by atomic mass is 10.2. The standard InChI is InChI=1S/C17H27N3O.2ClH/c18-11-5-6-17(21)19-16-9-7-15(8-10-16)14-20-12-3-1-2-4-13-20;;/h7-10H,1-6,11-14,18H2,(H,19,21);2*1H. The van der Waals surface area contributed by atoms with Crippen LogP contribution >= 0.6 is 24.8 Å². The number of rotatable bonds is 6. The minimum atomic E-state index is 0. The molecule has 0 aromatic heterocycles. The van der Waals surface area contributed by atoms with Crippen LogP contribution in [0.4, 0.5) is 5.69 Å². The highest BCUT2D eigenvalue weighted by molar-refractivity contribution is 5.90. The summed E-state index contributed by atoms with van der Waals surface area (Å²) in [7, 11) is 0. The van der Waals surface area contributed by atoms with Crippen molar-refractivity contribution in [3.8, 4) is 0 Å². The molecule has 1 aromatic carbocycles. The number of hydrogen-bond acceptors (Lipinski definition) is 3. The third-order valence-electron chi connectivity index (χ3n) is 3.95. The molecule has 1 heterocycles. The Morgan fingerprint density at radius 3 is 2.22 bits per heavy atom. The summed E-state index contributed by atoms with van der Waals surface area (Å²) in [5, 5.41) is 2.91. The van der Waals surface area contributed by atoms with Gasteiger partial charge in [-0.05, 0) is 56.6 Å². The minimum absolute atomic E-state index is 0. The average molecular weight is 362 g/mol. The summed E-state index contributed by atoms with van der Waals surface area (Å²) >= 11 is 0. The van der Waals surface area contributed by atoms with Gasteiger partial charge in [-0.1, -0.05) is 25.0 Å². The Morgan fingerprint density at radius 2 is 1.65 bits per heavy atom. The monoisotopic (exact) mass is 361 g/mol. The number of anilines is 1. The van der Waals surface area contributed by atoms with E-state index >= 15 is 0 Å². The fraction of sp³-hybridized carbons (Fsp3) is 0.588. The van der Waals surface area contributed by atoms with Crippen LogP contribution in [0.15, 0.2) is 24.3 Å². The lowest BCUT2D eigenvalue weighted by Crippen LogP contribution is -2.23. The van der Waals surface area contributed by atoms with Gasteiger partial charge in [0.25, 0.3) is 0 Å². The van der Waals surface area contributed by atoms with E-state index in [9.17, 15) is 4.79 Å². The van der Waals surface area contributed by atoms with Crippen LogP contribution in [0, 0.1) is 0 Å². The fourth-order valence-electron chi connectivity index (χ4n) is 2.73. The average Bonchev–Trinajstić information content (AvgIpc) is 2.76. The molecule has 0 radical (unpaired) electrons. The second-order valence-corrected chi connectivity index (χ2v) is 5.83. The fourth-order valence-corrected chi connectivity index (χ4v) is 2.73. The summed E-state index contributed by atoms with van der Waals surface area (Å²) in [5.74, 6) is 0.0423. The first kappa shape index (κ1) is 22.2. The highest BCUT2D eigenvalue weighted by Gasteiger charge is 2.09. The van der Waals surface area contributed by atoms with E-state index in [1.807, 2.05) is 12.1 Å². The zero-order chi connectivity index (χ0) is 14.9. The molecule has 1 saturated heterocycles. The second-order valence-electron chi connectivity index (χ2n) is 5.83. The van der Waals surface area contributed by atoms with Crippen molar-refractivity contribution in [2.45, 2.75) is 45.1 Å². The summed E-state index contributed by atoms with van der Waals surface area (Å²) in [4.78, 5) is 14.2. The van der Waals surface area contributed by atoms with Crippen molar-refractivity contribution in [2.75, 3.05) is 25.0 Å². The normalized spacial score (nSPS) is 15.0. The number of hydrogen-bond donors (Lipinski definition) is 2. The molecule has 132 valence electrons. The quantitative estimate of drug-likeness (QED) is 0.813. The Kier molecular flexibility index (Phi) is 12.1. The Morgan fingerprint density at radius 1 is 1.04 bits per heavy atom. The third-order valence-corrected chi connectivity index (χ3v) is 3.95. The number of nitrogens with one attached hydrogen (secondary N) is 1. The number of nitrogens with two attached hydrogens (primary N) is 1. The first-order chi connectivity index (χ1) is 10.3. The molecule has 4 nitrogen and oxygen atoms in total. The van der Waals surface area contributed by atoms with E-state index in [4.69, 9.17) is 5.73 Å². The first-order valence-electron chi connectivity index (χ1n) is 8.09. The lowest BCUT2D eigenvalue weighted by Gasteiger charge is -2.19. The number of nitrogens with zero attached hydrogens (tertiary/aromatic N) is 1. The molecular formula is C17H29Cl2N3O. The number of carbonyl (C=O) groups is 1. The van der Waals surface area contributed by atoms with Gasteiger partial charge in [-0.2, -0.15) is 0 Å².